The summed E-state index contributed by atoms with van der Waals surface area (Å²) in [7, 11) is -3.86. The largest absolute Gasteiger partial charge is 0.480 e. The topological polar surface area (TPSA) is 74.7 Å². The minimum absolute atomic E-state index is 0.00634. The van der Waals surface area contributed by atoms with Crippen LogP contribution in [0.15, 0.2) is 27.6 Å². The number of benzene rings is 1. The Labute approximate surface area is 124 Å². The first-order valence-electron chi connectivity index (χ1n) is 5.54. The Morgan fingerprint density at radius 1 is 1.47 bits per heavy atom. The summed E-state index contributed by atoms with van der Waals surface area (Å²) in [6.07, 6.45) is 0.862. The van der Waals surface area contributed by atoms with Gasteiger partial charge in [0, 0.05) is 16.0 Å². The van der Waals surface area contributed by atoms with Gasteiger partial charge in [0.15, 0.2) is 0 Å². The van der Waals surface area contributed by atoms with Gasteiger partial charge in [-0.15, -0.1) is 0 Å². The number of carboxylic acid groups (broad SMARTS) is 1. The van der Waals surface area contributed by atoms with E-state index in [-0.39, 0.29) is 16.5 Å². The summed E-state index contributed by atoms with van der Waals surface area (Å²) in [6.45, 7) is 0.207. The van der Waals surface area contributed by atoms with Crippen molar-refractivity contribution in [1.82, 2.24) is 4.31 Å². The van der Waals surface area contributed by atoms with Crippen LogP contribution in [0.1, 0.15) is 12.8 Å². The van der Waals surface area contributed by atoms with Gasteiger partial charge in [0.2, 0.25) is 10.0 Å². The predicted octanol–water partition coefficient (Wildman–Crippen LogP) is 2.34. The molecule has 1 saturated heterocycles. The van der Waals surface area contributed by atoms with Crippen LogP contribution >= 0.6 is 27.5 Å². The first-order chi connectivity index (χ1) is 8.84. The number of nitrogens with zero attached hydrogens (tertiary/aromatic N) is 1. The fourth-order valence-electron chi connectivity index (χ4n) is 2.08. The normalized spacial score (nSPS) is 20.6. The Balaban J connectivity index is 2.48. The molecular weight excluding hydrogens is 358 g/mol. The number of sulfonamides is 1. The number of aliphatic carboxylic acids is 1. The molecule has 1 fully saturated rings. The SMILES string of the molecule is O=C(O)[C@H]1CCCN1S(=O)(=O)c1cc(Cl)ccc1Br. The zero-order valence-corrected chi connectivity index (χ0v) is 12.9. The van der Waals surface area contributed by atoms with E-state index >= 15 is 0 Å². The number of rotatable bonds is 3. The minimum Gasteiger partial charge on any atom is -0.480 e. The fourth-order valence-corrected chi connectivity index (χ4v) is 4.92. The molecule has 0 saturated carbocycles. The lowest BCUT2D eigenvalue weighted by Crippen LogP contribution is -2.40. The van der Waals surface area contributed by atoms with Crippen molar-refractivity contribution in [2.45, 2.75) is 23.8 Å². The molecule has 0 spiro atoms. The van der Waals surface area contributed by atoms with Crippen molar-refractivity contribution in [2.75, 3.05) is 6.54 Å². The molecule has 0 aromatic heterocycles. The van der Waals surface area contributed by atoms with E-state index in [1.54, 1.807) is 6.07 Å². The molecule has 104 valence electrons. The van der Waals surface area contributed by atoms with Crippen LogP contribution in [0, 0.1) is 0 Å². The summed E-state index contributed by atoms with van der Waals surface area (Å²) in [4.78, 5) is 11.1. The first kappa shape index (κ1) is 14.8. The zero-order valence-electron chi connectivity index (χ0n) is 9.71. The number of halogens is 2. The standard InChI is InChI=1S/C11H11BrClNO4S/c12-8-4-3-7(13)6-10(8)19(17,18)14-5-1-2-9(14)11(15)16/h3-4,6,9H,1-2,5H2,(H,15,16)/t9-/m1/s1. The average Bonchev–Trinajstić information content (AvgIpc) is 2.82. The highest BCUT2D eigenvalue weighted by Crippen LogP contribution is 2.32. The van der Waals surface area contributed by atoms with Crippen LogP contribution in [0.3, 0.4) is 0 Å². The third-order valence-electron chi connectivity index (χ3n) is 2.97. The molecule has 1 aliphatic rings. The lowest BCUT2D eigenvalue weighted by molar-refractivity contribution is -0.140. The molecule has 5 nitrogen and oxygen atoms in total. The monoisotopic (exact) mass is 367 g/mol. The Kier molecular flexibility index (Phi) is 4.20. The summed E-state index contributed by atoms with van der Waals surface area (Å²) in [6, 6.07) is 3.40. The van der Waals surface area contributed by atoms with E-state index in [1.165, 1.54) is 12.1 Å². The van der Waals surface area contributed by atoms with Crippen LogP contribution in [0.25, 0.3) is 0 Å². The Morgan fingerprint density at radius 3 is 2.79 bits per heavy atom. The highest BCUT2D eigenvalue weighted by Gasteiger charge is 2.40. The van der Waals surface area contributed by atoms with Crippen molar-refractivity contribution < 1.29 is 18.3 Å². The van der Waals surface area contributed by atoms with Crippen LogP contribution in [0.2, 0.25) is 5.02 Å². The molecule has 0 unspecified atom stereocenters. The molecule has 1 heterocycles. The van der Waals surface area contributed by atoms with Crippen molar-refractivity contribution in [3.05, 3.63) is 27.7 Å². The third kappa shape index (κ3) is 2.79. The highest BCUT2D eigenvalue weighted by molar-refractivity contribution is 9.10. The molecule has 0 bridgehead atoms. The molecule has 1 aliphatic heterocycles. The number of hydrogen-bond donors (Lipinski definition) is 1. The number of carboxylic acids is 1. The summed E-state index contributed by atoms with van der Waals surface area (Å²) in [5.41, 5.74) is 0. The van der Waals surface area contributed by atoms with Crippen LogP contribution in [0.4, 0.5) is 0 Å². The van der Waals surface area contributed by atoms with Crippen LogP contribution in [-0.2, 0) is 14.8 Å². The van der Waals surface area contributed by atoms with Gasteiger partial charge in [-0.05, 0) is 47.0 Å². The van der Waals surface area contributed by atoms with E-state index in [9.17, 15) is 13.2 Å². The summed E-state index contributed by atoms with van der Waals surface area (Å²) in [5, 5.41) is 9.36. The fraction of sp³-hybridized carbons (Fsp3) is 0.364. The number of hydrogen-bond acceptors (Lipinski definition) is 3. The highest BCUT2D eigenvalue weighted by atomic mass is 79.9. The van der Waals surface area contributed by atoms with Crippen LogP contribution in [0.5, 0.6) is 0 Å². The summed E-state index contributed by atoms with van der Waals surface area (Å²) < 4.78 is 26.4. The van der Waals surface area contributed by atoms with Gasteiger partial charge in [-0.1, -0.05) is 11.6 Å². The molecule has 2 rings (SSSR count). The second-order valence-electron chi connectivity index (χ2n) is 4.19. The maximum Gasteiger partial charge on any atom is 0.322 e. The quantitative estimate of drug-likeness (QED) is 0.888. The molecule has 1 aromatic rings. The van der Waals surface area contributed by atoms with E-state index in [4.69, 9.17) is 16.7 Å². The zero-order chi connectivity index (χ0) is 14.2. The summed E-state index contributed by atoms with van der Waals surface area (Å²) >= 11 is 8.97. The Bertz CT molecular complexity index is 619. The molecule has 19 heavy (non-hydrogen) atoms. The van der Waals surface area contributed by atoms with Crippen molar-refractivity contribution in [3.63, 3.8) is 0 Å². The minimum atomic E-state index is -3.86. The lowest BCUT2D eigenvalue weighted by Gasteiger charge is -2.21. The van der Waals surface area contributed by atoms with E-state index in [2.05, 4.69) is 15.9 Å². The van der Waals surface area contributed by atoms with Gasteiger partial charge in [0.25, 0.3) is 0 Å². The van der Waals surface area contributed by atoms with Gasteiger partial charge in [-0.3, -0.25) is 4.79 Å². The van der Waals surface area contributed by atoms with Crippen molar-refractivity contribution in [3.8, 4) is 0 Å². The van der Waals surface area contributed by atoms with Gasteiger partial charge in [-0.25, -0.2) is 8.42 Å². The van der Waals surface area contributed by atoms with E-state index in [1.807, 2.05) is 0 Å². The Hall–Kier alpha value is -0.630. The van der Waals surface area contributed by atoms with Crippen LogP contribution in [-0.4, -0.2) is 36.4 Å². The third-order valence-corrected chi connectivity index (χ3v) is 6.11. The van der Waals surface area contributed by atoms with Gasteiger partial charge >= 0.3 is 5.97 Å². The molecule has 8 heteroatoms. The first-order valence-corrected chi connectivity index (χ1v) is 8.15. The second-order valence-corrected chi connectivity index (χ2v) is 7.34. The molecule has 1 aromatic carbocycles. The maximum absolute atomic E-state index is 12.5. The Morgan fingerprint density at radius 2 is 2.16 bits per heavy atom. The summed E-state index contributed by atoms with van der Waals surface area (Å²) in [5.74, 6) is -1.13. The average molecular weight is 369 g/mol. The maximum atomic E-state index is 12.5. The molecule has 1 N–H and O–H groups in total. The molecule has 0 aliphatic carbocycles. The second kappa shape index (κ2) is 5.40. The van der Waals surface area contributed by atoms with Gasteiger partial charge in [0.1, 0.15) is 6.04 Å². The molecule has 0 radical (unpaired) electrons. The smallest absolute Gasteiger partial charge is 0.322 e. The molecule has 1 atom stereocenters. The molecular formula is C11H11BrClNO4S. The predicted molar refractivity (Wildman–Crippen MR) is 73.7 cm³/mol. The van der Waals surface area contributed by atoms with Crippen molar-refractivity contribution >= 4 is 43.5 Å². The van der Waals surface area contributed by atoms with E-state index in [0.29, 0.717) is 17.3 Å². The van der Waals surface area contributed by atoms with Gasteiger partial charge < -0.3 is 5.11 Å². The van der Waals surface area contributed by atoms with Crippen molar-refractivity contribution in [1.29, 1.82) is 0 Å². The molecule has 0 amide bonds. The van der Waals surface area contributed by atoms with Gasteiger partial charge in [-0.2, -0.15) is 4.31 Å². The van der Waals surface area contributed by atoms with E-state index in [0.717, 1.165) is 4.31 Å². The van der Waals surface area contributed by atoms with Crippen LogP contribution < -0.4 is 0 Å². The van der Waals surface area contributed by atoms with Crippen molar-refractivity contribution in [2.24, 2.45) is 0 Å². The number of carbonyl (C=O) groups is 1. The van der Waals surface area contributed by atoms with Gasteiger partial charge in [0.05, 0.1) is 4.90 Å². The lowest BCUT2D eigenvalue weighted by atomic mass is 10.2. The van der Waals surface area contributed by atoms with E-state index < -0.39 is 22.0 Å².